The maximum atomic E-state index is 12.4. The van der Waals surface area contributed by atoms with Crippen LogP contribution in [0.15, 0.2) is 24.3 Å². The van der Waals surface area contributed by atoms with Gasteiger partial charge >= 0.3 is 0 Å². The SMILES string of the molecule is Cc1ccc(CC2CCCN(C(=O)C(C)NS(C)(=O)=O)C2)cc1. The summed E-state index contributed by atoms with van der Waals surface area (Å²) >= 11 is 0. The van der Waals surface area contributed by atoms with E-state index in [2.05, 4.69) is 35.9 Å². The molecule has 1 heterocycles. The molecule has 1 aromatic carbocycles. The highest BCUT2D eigenvalue weighted by Crippen LogP contribution is 2.21. The van der Waals surface area contributed by atoms with Crippen LogP contribution in [0.5, 0.6) is 0 Å². The summed E-state index contributed by atoms with van der Waals surface area (Å²) in [5, 5.41) is 0. The molecule has 128 valence electrons. The average molecular weight is 338 g/mol. The molecule has 0 spiro atoms. The summed E-state index contributed by atoms with van der Waals surface area (Å²) in [6, 6.07) is 7.80. The second kappa shape index (κ2) is 7.45. The second-order valence-electron chi connectivity index (χ2n) is 6.59. The van der Waals surface area contributed by atoms with Crippen molar-refractivity contribution in [3.63, 3.8) is 0 Å². The number of nitrogens with one attached hydrogen (secondary N) is 1. The van der Waals surface area contributed by atoms with Gasteiger partial charge in [-0.15, -0.1) is 0 Å². The van der Waals surface area contributed by atoms with Crippen LogP contribution in [0.1, 0.15) is 30.9 Å². The molecule has 1 saturated heterocycles. The van der Waals surface area contributed by atoms with E-state index >= 15 is 0 Å². The number of sulfonamides is 1. The number of piperidine rings is 1. The Hall–Kier alpha value is -1.40. The number of amides is 1. The number of benzene rings is 1. The number of carbonyl (C=O) groups is 1. The van der Waals surface area contributed by atoms with Gasteiger partial charge in [-0.1, -0.05) is 29.8 Å². The Labute approximate surface area is 139 Å². The van der Waals surface area contributed by atoms with Gasteiger partial charge in [0.25, 0.3) is 0 Å². The van der Waals surface area contributed by atoms with Gasteiger partial charge in [0.15, 0.2) is 0 Å². The summed E-state index contributed by atoms with van der Waals surface area (Å²) in [6.45, 7) is 5.08. The lowest BCUT2D eigenvalue weighted by atomic mass is 9.91. The summed E-state index contributed by atoms with van der Waals surface area (Å²) in [4.78, 5) is 14.2. The van der Waals surface area contributed by atoms with Crippen LogP contribution in [-0.2, 0) is 21.2 Å². The molecular weight excluding hydrogens is 312 g/mol. The Bertz CT molecular complexity index is 640. The number of hydrogen-bond acceptors (Lipinski definition) is 3. The third kappa shape index (κ3) is 5.62. The fourth-order valence-corrected chi connectivity index (χ4v) is 3.88. The van der Waals surface area contributed by atoms with Crippen molar-refractivity contribution >= 4 is 15.9 Å². The molecule has 1 N–H and O–H groups in total. The molecule has 0 aromatic heterocycles. The molecule has 1 aliphatic heterocycles. The second-order valence-corrected chi connectivity index (χ2v) is 8.37. The Morgan fingerprint density at radius 3 is 2.61 bits per heavy atom. The molecule has 1 aromatic rings. The molecule has 2 unspecified atom stereocenters. The van der Waals surface area contributed by atoms with Crippen LogP contribution in [0.4, 0.5) is 0 Å². The number of likely N-dealkylation sites (tertiary alicyclic amines) is 1. The molecule has 1 aliphatic rings. The first kappa shape index (κ1) is 17.9. The van der Waals surface area contributed by atoms with E-state index in [-0.39, 0.29) is 5.91 Å². The normalized spacial score (nSPS) is 20.3. The summed E-state index contributed by atoms with van der Waals surface area (Å²) in [5.74, 6) is 0.296. The van der Waals surface area contributed by atoms with Gasteiger partial charge in [0.05, 0.1) is 12.3 Å². The van der Waals surface area contributed by atoms with E-state index in [9.17, 15) is 13.2 Å². The smallest absolute Gasteiger partial charge is 0.240 e. The standard InChI is InChI=1S/C17H26N2O3S/c1-13-6-8-15(9-7-13)11-16-5-4-10-19(12-16)17(20)14(2)18-23(3,21)22/h6-9,14,16,18H,4-5,10-12H2,1-3H3. The number of nitrogens with zero attached hydrogens (tertiary/aromatic N) is 1. The number of carbonyl (C=O) groups excluding carboxylic acids is 1. The van der Waals surface area contributed by atoms with Gasteiger partial charge < -0.3 is 4.90 Å². The Morgan fingerprint density at radius 2 is 2.00 bits per heavy atom. The molecule has 1 fully saturated rings. The largest absolute Gasteiger partial charge is 0.341 e. The topological polar surface area (TPSA) is 66.5 Å². The Morgan fingerprint density at radius 1 is 1.35 bits per heavy atom. The van der Waals surface area contributed by atoms with E-state index in [1.807, 2.05) is 0 Å². The van der Waals surface area contributed by atoms with E-state index in [1.165, 1.54) is 11.1 Å². The molecule has 2 atom stereocenters. The fourth-order valence-electron chi connectivity index (χ4n) is 3.13. The number of aryl methyl sites for hydroxylation is 1. The minimum atomic E-state index is -3.37. The van der Waals surface area contributed by atoms with Crippen molar-refractivity contribution in [2.75, 3.05) is 19.3 Å². The van der Waals surface area contributed by atoms with Gasteiger partial charge in [0.1, 0.15) is 0 Å². The summed E-state index contributed by atoms with van der Waals surface area (Å²) < 4.78 is 24.9. The molecule has 5 nitrogen and oxygen atoms in total. The zero-order valence-corrected chi connectivity index (χ0v) is 14.9. The molecule has 2 rings (SSSR count). The highest BCUT2D eigenvalue weighted by Gasteiger charge is 2.28. The molecule has 23 heavy (non-hydrogen) atoms. The molecule has 0 bridgehead atoms. The van der Waals surface area contributed by atoms with Crippen LogP contribution < -0.4 is 4.72 Å². The van der Waals surface area contributed by atoms with Crippen molar-refractivity contribution in [2.45, 2.75) is 39.2 Å². The third-order valence-corrected chi connectivity index (χ3v) is 5.02. The first-order valence-electron chi connectivity index (χ1n) is 8.06. The quantitative estimate of drug-likeness (QED) is 0.889. The van der Waals surface area contributed by atoms with Gasteiger partial charge in [0.2, 0.25) is 15.9 Å². The highest BCUT2D eigenvalue weighted by atomic mass is 32.2. The average Bonchev–Trinajstić information content (AvgIpc) is 2.47. The predicted molar refractivity (Wildman–Crippen MR) is 91.6 cm³/mol. The number of rotatable bonds is 5. The van der Waals surface area contributed by atoms with E-state index in [1.54, 1.807) is 11.8 Å². The van der Waals surface area contributed by atoms with E-state index in [0.29, 0.717) is 19.0 Å². The zero-order valence-electron chi connectivity index (χ0n) is 14.1. The summed E-state index contributed by atoms with van der Waals surface area (Å²) in [6.07, 6.45) is 4.10. The van der Waals surface area contributed by atoms with Gasteiger partial charge in [-0.3, -0.25) is 4.79 Å². The molecule has 0 saturated carbocycles. The monoisotopic (exact) mass is 338 g/mol. The lowest BCUT2D eigenvalue weighted by Gasteiger charge is -2.34. The zero-order chi connectivity index (χ0) is 17.0. The number of hydrogen-bond donors (Lipinski definition) is 1. The third-order valence-electron chi connectivity index (χ3n) is 4.24. The summed E-state index contributed by atoms with van der Waals surface area (Å²) in [5.41, 5.74) is 2.53. The molecular formula is C17H26N2O3S. The maximum absolute atomic E-state index is 12.4. The van der Waals surface area contributed by atoms with Crippen LogP contribution in [0.3, 0.4) is 0 Å². The van der Waals surface area contributed by atoms with Crippen LogP contribution >= 0.6 is 0 Å². The minimum absolute atomic E-state index is 0.135. The molecule has 0 radical (unpaired) electrons. The Balaban J connectivity index is 1.94. The van der Waals surface area contributed by atoms with Crippen LogP contribution in [0.25, 0.3) is 0 Å². The van der Waals surface area contributed by atoms with Crippen molar-refractivity contribution < 1.29 is 13.2 Å². The first-order valence-corrected chi connectivity index (χ1v) is 9.95. The molecule has 0 aliphatic carbocycles. The van der Waals surface area contributed by atoms with Crippen LogP contribution in [0, 0.1) is 12.8 Å². The van der Waals surface area contributed by atoms with E-state index in [0.717, 1.165) is 25.5 Å². The van der Waals surface area contributed by atoms with Crippen LogP contribution in [-0.4, -0.2) is 44.6 Å². The minimum Gasteiger partial charge on any atom is -0.341 e. The van der Waals surface area contributed by atoms with Gasteiger partial charge in [-0.05, 0) is 44.6 Å². The van der Waals surface area contributed by atoms with Crippen molar-refractivity contribution in [3.8, 4) is 0 Å². The highest BCUT2D eigenvalue weighted by molar-refractivity contribution is 7.88. The van der Waals surface area contributed by atoms with Crippen molar-refractivity contribution in [3.05, 3.63) is 35.4 Å². The van der Waals surface area contributed by atoms with Gasteiger partial charge in [-0.2, -0.15) is 0 Å². The Kier molecular flexibility index (Phi) is 5.81. The van der Waals surface area contributed by atoms with Crippen molar-refractivity contribution in [2.24, 2.45) is 5.92 Å². The van der Waals surface area contributed by atoms with Crippen LogP contribution in [0.2, 0.25) is 0 Å². The van der Waals surface area contributed by atoms with E-state index in [4.69, 9.17) is 0 Å². The predicted octanol–water partition coefficient (Wildman–Crippen LogP) is 1.71. The first-order chi connectivity index (χ1) is 10.7. The van der Waals surface area contributed by atoms with E-state index < -0.39 is 16.1 Å². The lowest BCUT2D eigenvalue weighted by molar-refractivity contribution is -0.134. The summed E-state index contributed by atoms with van der Waals surface area (Å²) in [7, 11) is -3.37. The lowest BCUT2D eigenvalue weighted by Crippen LogP contribution is -2.50. The van der Waals surface area contributed by atoms with Gasteiger partial charge in [-0.25, -0.2) is 13.1 Å². The van der Waals surface area contributed by atoms with Gasteiger partial charge in [0, 0.05) is 13.1 Å². The molecule has 6 heteroatoms. The fraction of sp³-hybridized carbons (Fsp3) is 0.588. The molecule has 1 amide bonds. The van der Waals surface area contributed by atoms with Crippen molar-refractivity contribution in [1.82, 2.24) is 9.62 Å². The maximum Gasteiger partial charge on any atom is 0.240 e. The van der Waals surface area contributed by atoms with Crippen molar-refractivity contribution in [1.29, 1.82) is 0 Å².